The van der Waals surface area contributed by atoms with Crippen molar-refractivity contribution in [2.75, 3.05) is 38.3 Å². The van der Waals surface area contributed by atoms with Gasteiger partial charge in [-0.2, -0.15) is 0 Å². The number of esters is 1. The molecule has 38 heavy (non-hydrogen) atoms. The first kappa shape index (κ1) is 29.1. The summed E-state index contributed by atoms with van der Waals surface area (Å²) in [6.07, 6.45) is 7.58. The van der Waals surface area contributed by atoms with Gasteiger partial charge in [0.25, 0.3) is 5.91 Å². The molecule has 1 heterocycles. The van der Waals surface area contributed by atoms with E-state index in [4.69, 9.17) is 9.57 Å². The predicted octanol–water partition coefficient (Wildman–Crippen LogP) is 6.17. The molecule has 1 aliphatic rings. The van der Waals surface area contributed by atoms with Crippen LogP contribution in [0.4, 0.5) is 5.69 Å². The fourth-order valence-electron chi connectivity index (χ4n) is 4.54. The van der Waals surface area contributed by atoms with Crippen LogP contribution in [0, 0.1) is 0 Å². The van der Waals surface area contributed by atoms with E-state index in [-0.39, 0.29) is 11.9 Å². The molecule has 1 saturated heterocycles. The van der Waals surface area contributed by atoms with Crippen LogP contribution in [-0.2, 0) is 14.4 Å². The van der Waals surface area contributed by atoms with Crippen molar-refractivity contribution in [2.45, 2.75) is 58.9 Å². The summed E-state index contributed by atoms with van der Waals surface area (Å²) in [5, 5.41) is 4.27. The highest BCUT2D eigenvalue weighted by atomic mass is 16.6. The smallest absolute Gasteiger partial charge is 0.337 e. The van der Waals surface area contributed by atoms with Gasteiger partial charge in [0.2, 0.25) is 0 Å². The fraction of sp³-hybridized carbons (Fsp3) is 0.452. The third-order valence-corrected chi connectivity index (χ3v) is 6.64. The van der Waals surface area contributed by atoms with E-state index in [0.29, 0.717) is 23.5 Å². The highest BCUT2D eigenvalue weighted by Gasteiger charge is 2.43. The Morgan fingerprint density at radius 1 is 0.974 bits per heavy atom. The molecule has 0 spiro atoms. The van der Waals surface area contributed by atoms with Crippen molar-refractivity contribution < 1.29 is 19.2 Å². The van der Waals surface area contributed by atoms with E-state index < -0.39 is 5.97 Å². The van der Waals surface area contributed by atoms with Crippen LogP contribution in [0.1, 0.15) is 74.8 Å². The Balaban J connectivity index is 1.66. The molecule has 204 valence electrons. The number of carbonyl (C=O) groups is 2. The molecule has 0 aromatic heterocycles. The number of nitrogens with zero attached hydrogens (tertiary/aromatic N) is 3. The molecule has 1 atom stereocenters. The minimum absolute atomic E-state index is 0.0956. The van der Waals surface area contributed by atoms with Crippen LogP contribution in [-0.4, -0.2) is 55.8 Å². The zero-order valence-corrected chi connectivity index (χ0v) is 23.2. The minimum Gasteiger partial charge on any atom is -0.465 e. The molecule has 7 heteroatoms. The Labute approximate surface area is 227 Å². The number of hydrogen-bond acceptors (Lipinski definition) is 6. The number of carbonyl (C=O) groups excluding carboxylic acids is 2. The third kappa shape index (κ3) is 7.78. The summed E-state index contributed by atoms with van der Waals surface area (Å²) >= 11 is 0. The number of ether oxygens (including phenoxy) is 1. The third-order valence-electron chi connectivity index (χ3n) is 6.64. The van der Waals surface area contributed by atoms with Crippen LogP contribution >= 0.6 is 0 Å². The van der Waals surface area contributed by atoms with Crippen molar-refractivity contribution in [3.63, 3.8) is 0 Å². The summed E-state index contributed by atoms with van der Waals surface area (Å²) in [6.45, 7) is 10.1. The van der Waals surface area contributed by atoms with Gasteiger partial charge in [0.05, 0.1) is 24.4 Å². The maximum atomic E-state index is 13.2. The molecule has 0 saturated carbocycles. The predicted molar refractivity (Wildman–Crippen MR) is 152 cm³/mol. The molecule has 0 aliphatic carbocycles. The average molecular weight is 520 g/mol. The van der Waals surface area contributed by atoms with Gasteiger partial charge < -0.3 is 14.5 Å². The molecule has 1 aliphatic heterocycles. The standard InChI is InChI=1S/C31H41N3O4/c1-5-7-19-33(20-8-6-2)21-12-22-38-32-24(3)23-28-29(25-13-10-9-11-14-25)34(30(28)35)27-17-15-26(16-18-27)31(36)37-4/h9-11,13-18,23,29H,5-8,12,19-22H2,1-4H3/b28-23+,32-24?. The molecule has 7 nitrogen and oxygen atoms in total. The number of oxime groups is 1. The van der Waals surface area contributed by atoms with E-state index in [1.54, 1.807) is 29.2 Å². The molecular weight excluding hydrogens is 478 g/mol. The Morgan fingerprint density at radius 2 is 1.61 bits per heavy atom. The van der Waals surface area contributed by atoms with Crippen molar-refractivity contribution in [2.24, 2.45) is 5.16 Å². The highest BCUT2D eigenvalue weighted by Crippen LogP contribution is 2.43. The quantitative estimate of drug-likeness (QED) is 0.0702. The number of amides is 1. The Hall–Kier alpha value is -3.45. The second kappa shape index (κ2) is 15.1. The first-order valence-electron chi connectivity index (χ1n) is 13.7. The number of anilines is 1. The van der Waals surface area contributed by atoms with Gasteiger partial charge in [0, 0.05) is 17.8 Å². The second-order valence-corrected chi connectivity index (χ2v) is 9.59. The van der Waals surface area contributed by atoms with Crippen LogP contribution in [0.5, 0.6) is 0 Å². The molecule has 0 radical (unpaired) electrons. The fourth-order valence-corrected chi connectivity index (χ4v) is 4.54. The summed E-state index contributed by atoms with van der Waals surface area (Å²) < 4.78 is 4.78. The largest absolute Gasteiger partial charge is 0.465 e. The van der Waals surface area contributed by atoms with Crippen LogP contribution in [0.2, 0.25) is 0 Å². The Kier molecular flexibility index (Phi) is 11.6. The van der Waals surface area contributed by atoms with Gasteiger partial charge in [-0.05, 0) is 75.2 Å². The number of hydrogen-bond donors (Lipinski definition) is 0. The number of allylic oxidation sites excluding steroid dienone is 1. The zero-order valence-electron chi connectivity index (χ0n) is 23.2. The summed E-state index contributed by atoms with van der Waals surface area (Å²) in [6, 6.07) is 16.5. The Morgan fingerprint density at radius 3 is 2.21 bits per heavy atom. The van der Waals surface area contributed by atoms with Crippen LogP contribution in [0.3, 0.4) is 0 Å². The maximum absolute atomic E-state index is 13.2. The van der Waals surface area contributed by atoms with Crippen molar-refractivity contribution in [1.29, 1.82) is 0 Å². The van der Waals surface area contributed by atoms with E-state index in [1.807, 2.05) is 43.3 Å². The van der Waals surface area contributed by atoms with Gasteiger partial charge in [0.1, 0.15) is 6.61 Å². The number of unbranched alkanes of at least 4 members (excludes halogenated alkanes) is 2. The van der Waals surface area contributed by atoms with E-state index in [2.05, 4.69) is 23.9 Å². The number of β-lactam (4-membered cyclic amide) rings is 1. The lowest BCUT2D eigenvalue weighted by atomic mass is 9.86. The average Bonchev–Trinajstić information content (AvgIpc) is 2.95. The number of methoxy groups -OCH3 is 1. The van der Waals surface area contributed by atoms with Gasteiger partial charge >= 0.3 is 5.97 Å². The van der Waals surface area contributed by atoms with Gasteiger partial charge in [-0.1, -0.05) is 62.2 Å². The molecule has 0 N–H and O–H groups in total. The second-order valence-electron chi connectivity index (χ2n) is 9.59. The monoisotopic (exact) mass is 519 g/mol. The molecule has 1 unspecified atom stereocenters. The highest BCUT2D eigenvalue weighted by molar-refractivity contribution is 6.18. The maximum Gasteiger partial charge on any atom is 0.337 e. The van der Waals surface area contributed by atoms with Crippen molar-refractivity contribution in [1.82, 2.24) is 4.90 Å². The lowest BCUT2D eigenvalue weighted by molar-refractivity contribution is -0.119. The van der Waals surface area contributed by atoms with Crippen molar-refractivity contribution >= 4 is 23.3 Å². The van der Waals surface area contributed by atoms with E-state index in [1.165, 1.54) is 32.8 Å². The van der Waals surface area contributed by atoms with Crippen LogP contribution < -0.4 is 4.90 Å². The molecule has 0 bridgehead atoms. The van der Waals surface area contributed by atoms with E-state index in [0.717, 1.165) is 37.3 Å². The van der Waals surface area contributed by atoms with Gasteiger partial charge in [-0.3, -0.25) is 9.69 Å². The summed E-state index contributed by atoms with van der Waals surface area (Å²) in [5.74, 6) is -0.505. The van der Waals surface area contributed by atoms with Gasteiger partial charge in [-0.25, -0.2) is 4.79 Å². The first-order chi connectivity index (χ1) is 18.5. The van der Waals surface area contributed by atoms with Crippen LogP contribution in [0.15, 0.2) is 71.4 Å². The number of benzene rings is 2. The van der Waals surface area contributed by atoms with Gasteiger partial charge in [0.15, 0.2) is 0 Å². The number of rotatable bonds is 15. The van der Waals surface area contributed by atoms with Crippen molar-refractivity contribution in [3.8, 4) is 0 Å². The normalized spacial score (nSPS) is 16.6. The molecule has 1 fully saturated rings. The van der Waals surface area contributed by atoms with E-state index >= 15 is 0 Å². The lowest BCUT2D eigenvalue weighted by Crippen LogP contribution is -2.49. The summed E-state index contributed by atoms with van der Waals surface area (Å²) in [4.78, 5) is 34.9. The Bertz CT molecular complexity index is 1090. The molecule has 2 aromatic carbocycles. The van der Waals surface area contributed by atoms with E-state index in [9.17, 15) is 9.59 Å². The molecular formula is C31H41N3O4. The first-order valence-corrected chi connectivity index (χ1v) is 13.7. The lowest BCUT2D eigenvalue weighted by Gasteiger charge is -2.43. The SMILES string of the molecule is CCCCN(CCCC)CCCON=C(C)/C=C1/C(=O)N(c2ccc(C(=O)OC)cc2)C1c1ccccc1. The summed E-state index contributed by atoms with van der Waals surface area (Å²) in [5.41, 5.74) is 3.47. The van der Waals surface area contributed by atoms with Crippen LogP contribution in [0.25, 0.3) is 0 Å². The molecule has 3 rings (SSSR count). The zero-order chi connectivity index (χ0) is 27.3. The van der Waals surface area contributed by atoms with Crippen molar-refractivity contribution in [3.05, 3.63) is 77.4 Å². The molecule has 2 aromatic rings. The summed E-state index contributed by atoms with van der Waals surface area (Å²) in [7, 11) is 1.35. The minimum atomic E-state index is -0.409. The molecule has 1 amide bonds. The van der Waals surface area contributed by atoms with Gasteiger partial charge in [-0.15, -0.1) is 0 Å². The topological polar surface area (TPSA) is 71.4 Å².